The van der Waals surface area contributed by atoms with Crippen molar-refractivity contribution in [2.75, 3.05) is 13.7 Å². The zero-order valence-corrected chi connectivity index (χ0v) is 10.3. The van der Waals surface area contributed by atoms with E-state index >= 15 is 0 Å². The first kappa shape index (κ1) is 23.6. The van der Waals surface area contributed by atoms with Crippen LogP contribution in [-0.2, 0) is 0 Å². The van der Waals surface area contributed by atoms with Gasteiger partial charge in [-0.2, -0.15) is 0 Å². The smallest absolute Gasteiger partial charge is 0.0430 e. The second kappa shape index (κ2) is 38.4. The number of unbranched alkanes of at least 4 members (excludes halogenated alkanes) is 4. The molecule has 0 heterocycles. The molecule has 0 saturated heterocycles. The zero-order valence-electron chi connectivity index (χ0n) is 10.3. The van der Waals surface area contributed by atoms with E-state index < -0.39 is 0 Å². The molecule has 0 spiro atoms. The minimum Gasteiger partial charge on any atom is -0.412 e. The minimum absolute atomic E-state index is 0. The van der Waals surface area contributed by atoms with Gasteiger partial charge in [-0.15, -0.1) is 0 Å². The van der Waals surface area contributed by atoms with Crippen LogP contribution in [0.4, 0.5) is 0 Å². The molecule has 0 radical (unpaired) electrons. The van der Waals surface area contributed by atoms with E-state index in [4.69, 9.17) is 10.2 Å². The van der Waals surface area contributed by atoms with Crippen LogP contribution in [-0.4, -0.2) is 29.4 Å². The lowest BCUT2D eigenvalue weighted by Crippen LogP contribution is -1.75. The molecular formula is C11H30O3. The molecule has 0 aliphatic carbocycles. The molecule has 3 heteroatoms. The Hall–Kier alpha value is -0.120. The SMILES string of the molecule is CCCCCC.CCCCO.CO.O. The van der Waals surface area contributed by atoms with E-state index in [9.17, 15) is 0 Å². The zero-order chi connectivity index (χ0) is 10.9. The summed E-state index contributed by atoms with van der Waals surface area (Å²) >= 11 is 0. The normalized spacial score (nSPS) is 7.29. The Bertz CT molecular complexity index is 43.8. The van der Waals surface area contributed by atoms with Gasteiger partial charge in [0.2, 0.25) is 0 Å². The first-order chi connectivity index (χ1) is 6.33. The minimum atomic E-state index is 0. The average molecular weight is 210 g/mol. The summed E-state index contributed by atoms with van der Waals surface area (Å²) in [5.74, 6) is 0. The van der Waals surface area contributed by atoms with Crippen LogP contribution in [0.3, 0.4) is 0 Å². The quantitative estimate of drug-likeness (QED) is 0.682. The Morgan fingerprint density at radius 1 is 0.714 bits per heavy atom. The van der Waals surface area contributed by atoms with E-state index in [1.54, 1.807) is 0 Å². The lowest BCUT2D eigenvalue weighted by molar-refractivity contribution is 0.287. The van der Waals surface area contributed by atoms with Gasteiger partial charge in [-0.1, -0.05) is 52.9 Å². The second-order valence-electron chi connectivity index (χ2n) is 2.78. The first-order valence-corrected chi connectivity index (χ1v) is 5.38. The number of aliphatic hydroxyl groups excluding tert-OH is 2. The molecule has 0 atom stereocenters. The lowest BCUT2D eigenvalue weighted by atomic mass is 10.2. The number of hydrogen-bond donors (Lipinski definition) is 2. The highest BCUT2D eigenvalue weighted by Gasteiger charge is 1.75. The molecule has 14 heavy (non-hydrogen) atoms. The molecule has 0 aromatic carbocycles. The van der Waals surface area contributed by atoms with Gasteiger partial charge in [0.25, 0.3) is 0 Å². The maximum atomic E-state index is 8.07. The second-order valence-corrected chi connectivity index (χ2v) is 2.78. The Morgan fingerprint density at radius 2 is 1.00 bits per heavy atom. The average Bonchev–Trinajstić information content (AvgIpc) is 2.20. The van der Waals surface area contributed by atoms with Crippen molar-refractivity contribution >= 4 is 0 Å². The van der Waals surface area contributed by atoms with Crippen molar-refractivity contribution in [3.8, 4) is 0 Å². The van der Waals surface area contributed by atoms with Crippen molar-refractivity contribution in [2.24, 2.45) is 0 Å². The molecule has 0 saturated carbocycles. The summed E-state index contributed by atoms with van der Waals surface area (Å²) in [4.78, 5) is 0. The van der Waals surface area contributed by atoms with Gasteiger partial charge in [-0.25, -0.2) is 0 Å². The molecule has 92 valence electrons. The molecule has 0 aromatic heterocycles. The topological polar surface area (TPSA) is 72.0 Å². The van der Waals surface area contributed by atoms with Crippen LogP contribution in [0.2, 0.25) is 0 Å². The summed E-state index contributed by atoms with van der Waals surface area (Å²) in [5, 5.41) is 15.1. The Balaban J connectivity index is -0.0000000576. The third-order valence-corrected chi connectivity index (χ3v) is 1.47. The number of hydrogen-bond acceptors (Lipinski definition) is 2. The van der Waals surface area contributed by atoms with Crippen LogP contribution in [0.15, 0.2) is 0 Å². The van der Waals surface area contributed by atoms with Crippen LogP contribution in [0, 0.1) is 0 Å². The predicted molar refractivity (Wildman–Crippen MR) is 63.6 cm³/mol. The van der Waals surface area contributed by atoms with E-state index in [2.05, 4.69) is 20.8 Å². The van der Waals surface area contributed by atoms with E-state index in [-0.39, 0.29) is 5.48 Å². The third kappa shape index (κ3) is 59.1. The molecule has 0 unspecified atom stereocenters. The summed E-state index contributed by atoms with van der Waals surface area (Å²) in [7, 11) is 1.00. The van der Waals surface area contributed by atoms with Crippen LogP contribution < -0.4 is 0 Å². The monoisotopic (exact) mass is 210 g/mol. The first-order valence-electron chi connectivity index (χ1n) is 5.38. The van der Waals surface area contributed by atoms with Crippen LogP contribution >= 0.6 is 0 Å². The van der Waals surface area contributed by atoms with Crippen LogP contribution in [0.5, 0.6) is 0 Å². The summed E-state index contributed by atoms with van der Waals surface area (Å²) in [5.41, 5.74) is 0. The highest BCUT2D eigenvalue weighted by atomic mass is 16.3. The fourth-order valence-electron chi connectivity index (χ4n) is 0.658. The molecule has 3 nitrogen and oxygen atoms in total. The van der Waals surface area contributed by atoms with Gasteiger partial charge in [0.1, 0.15) is 0 Å². The molecule has 0 aliphatic heterocycles. The molecule has 0 rings (SSSR count). The largest absolute Gasteiger partial charge is 0.412 e. The molecule has 0 aromatic rings. The summed E-state index contributed by atoms with van der Waals surface area (Å²) in [6, 6.07) is 0. The summed E-state index contributed by atoms with van der Waals surface area (Å²) < 4.78 is 0. The van der Waals surface area contributed by atoms with Gasteiger partial charge in [-0.05, 0) is 6.42 Å². The molecule has 4 N–H and O–H groups in total. The van der Waals surface area contributed by atoms with Crippen LogP contribution in [0.1, 0.15) is 59.3 Å². The Kier molecular flexibility index (Phi) is 64.7. The van der Waals surface area contributed by atoms with Crippen molar-refractivity contribution in [3.05, 3.63) is 0 Å². The van der Waals surface area contributed by atoms with E-state index in [1.165, 1.54) is 25.7 Å². The number of rotatable bonds is 5. The van der Waals surface area contributed by atoms with Crippen LogP contribution in [0.25, 0.3) is 0 Å². The van der Waals surface area contributed by atoms with Crippen molar-refractivity contribution in [2.45, 2.75) is 59.3 Å². The maximum absolute atomic E-state index is 8.07. The Morgan fingerprint density at radius 3 is 1.07 bits per heavy atom. The molecular weight excluding hydrogens is 180 g/mol. The molecule has 0 bridgehead atoms. The third-order valence-electron chi connectivity index (χ3n) is 1.47. The van der Waals surface area contributed by atoms with E-state index in [1.807, 2.05) is 0 Å². The number of aliphatic hydroxyl groups is 2. The summed E-state index contributed by atoms with van der Waals surface area (Å²) in [6.07, 6.45) is 7.57. The van der Waals surface area contributed by atoms with Gasteiger partial charge in [0.15, 0.2) is 0 Å². The fourth-order valence-corrected chi connectivity index (χ4v) is 0.658. The predicted octanol–water partition coefficient (Wildman–Crippen LogP) is 2.15. The molecule has 0 fully saturated rings. The van der Waals surface area contributed by atoms with Gasteiger partial charge in [0, 0.05) is 13.7 Å². The fraction of sp³-hybridized carbons (Fsp3) is 1.00. The van der Waals surface area contributed by atoms with Gasteiger partial charge < -0.3 is 15.7 Å². The standard InChI is InChI=1S/C6H14.C4H10O.CH4O.H2O/c1-3-5-6-4-2;1-2-3-4-5;1-2;/h3-6H2,1-2H3;5H,2-4H2,1H3;2H,1H3;1H2. The van der Waals surface area contributed by atoms with Crippen molar-refractivity contribution in [1.82, 2.24) is 0 Å². The Labute approximate surface area is 89.5 Å². The van der Waals surface area contributed by atoms with Crippen molar-refractivity contribution in [3.63, 3.8) is 0 Å². The van der Waals surface area contributed by atoms with E-state index in [0.717, 1.165) is 20.0 Å². The van der Waals surface area contributed by atoms with Crippen molar-refractivity contribution in [1.29, 1.82) is 0 Å². The lowest BCUT2D eigenvalue weighted by Gasteiger charge is -1.86. The van der Waals surface area contributed by atoms with Gasteiger partial charge in [0.05, 0.1) is 0 Å². The van der Waals surface area contributed by atoms with E-state index in [0.29, 0.717) is 6.61 Å². The highest BCUT2D eigenvalue weighted by Crippen LogP contribution is 1.95. The highest BCUT2D eigenvalue weighted by molar-refractivity contribution is 4.31. The maximum Gasteiger partial charge on any atom is 0.0430 e. The molecule has 0 aliphatic rings. The van der Waals surface area contributed by atoms with Gasteiger partial charge in [-0.3, -0.25) is 0 Å². The van der Waals surface area contributed by atoms with Crippen molar-refractivity contribution < 1.29 is 15.7 Å². The summed E-state index contributed by atoms with van der Waals surface area (Å²) in [6.45, 7) is 6.86. The van der Waals surface area contributed by atoms with Gasteiger partial charge >= 0.3 is 0 Å². The molecule has 0 amide bonds.